The fourth-order valence-electron chi connectivity index (χ4n) is 4.44. The number of benzene rings is 2. The maximum Gasteiger partial charge on any atom is 0.231 e. The first-order valence-corrected chi connectivity index (χ1v) is 11.3. The van der Waals surface area contributed by atoms with Crippen molar-refractivity contribution < 1.29 is 43.8 Å². The molecule has 1 aromatic heterocycles. The van der Waals surface area contributed by atoms with Crippen LogP contribution >= 0.6 is 0 Å². The largest absolute Gasteiger partial charge is 0.462 e. The fraction of sp³-hybridized carbons (Fsp3) is 0.400. The first-order valence-electron chi connectivity index (χ1n) is 11.3. The van der Waals surface area contributed by atoms with Gasteiger partial charge in [-0.15, -0.1) is 0 Å². The zero-order chi connectivity index (χ0) is 24.9. The minimum Gasteiger partial charge on any atom is -0.462 e. The van der Waals surface area contributed by atoms with Gasteiger partial charge >= 0.3 is 0 Å². The van der Waals surface area contributed by atoms with Gasteiger partial charge in [-0.1, -0.05) is 13.0 Å². The molecule has 0 amide bonds. The van der Waals surface area contributed by atoms with E-state index < -0.39 is 37.3 Å². The Kier molecular flexibility index (Phi) is 6.16. The molecule has 10 heteroatoms. The van der Waals surface area contributed by atoms with Crippen molar-refractivity contribution in [2.24, 2.45) is 0 Å². The first-order chi connectivity index (χ1) is 16.8. The molecule has 2 aliphatic rings. The predicted molar refractivity (Wildman–Crippen MR) is 123 cm³/mol. The third-order valence-corrected chi connectivity index (χ3v) is 6.38. The first kappa shape index (κ1) is 23.6. The number of fused-ring (bicyclic) bond motifs is 2. The second-order valence-electron chi connectivity index (χ2n) is 8.56. The highest BCUT2D eigenvalue weighted by molar-refractivity contribution is 5.85. The average Bonchev–Trinajstić information content (AvgIpc) is 3.32. The molecule has 2 aliphatic heterocycles. The summed E-state index contributed by atoms with van der Waals surface area (Å²) in [6, 6.07) is 8.46. The molecular formula is C25H26O10. The monoisotopic (exact) mass is 486 g/mol. The van der Waals surface area contributed by atoms with Gasteiger partial charge in [0, 0.05) is 6.07 Å². The SMILES string of the molecule is CCc1cc2c(=O)c(-c3ccc4c(c3)OCO4)c(C)oc2cc1O[C@H]1O[C@@H](CO)[C@H](O)[C@@H](O)[C@@H]1O. The second kappa shape index (κ2) is 9.14. The van der Waals surface area contributed by atoms with Gasteiger partial charge in [-0.05, 0) is 42.7 Å². The number of hydrogen-bond acceptors (Lipinski definition) is 10. The minimum absolute atomic E-state index is 0.126. The Morgan fingerprint density at radius 1 is 1.03 bits per heavy atom. The van der Waals surface area contributed by atoms with Crippen molar-refractivity contribution in [3.63, 3.8) is 0 Å². The maximum atomic E-state index is 13.5. The van der Waals surface area contributed by atoms with Crippen molar-refractivity contribution in [2.75, 3.05) is 13.4 Å². The van der Waals surface area contributed by atoms with E-state index in [4.69, 9.17) is 23.4 Å². The summed E-state index contributed by atoms with van der Waals surface area (Å²) in [6.07, 6.45) is -6.60. The molecule has 0 saturated carbocycles. The zero-order valence-corrected chi connectivity index (χ0v) is 19.1. The minimum atomic E-state index is -1.57. The van der Waals surface area contributed by atoms with Crippen molar-refractivity contribution in [1.29, 1.82) is 0 Å². The van der Waals surface area contributed by atoms with Gasteiger partial charge in [0.1, 0.15) is 41.5 Å². The van der Waals surface area contributed by atoms with E-state index in [1.807, 2.05) is 6.92 Å². The van der Waals surface area contributed by atoms with Crippen LogP contribution in [0.5, 0.6) is 17.2 Å². The van der Waals surface area contributed by atoms with E-state index in [0.717, 1.165) is 0 Å². The molecule has 0 aliphatic carbocycles. The Balaban J connectivity index is 1.54. The van der Waals surface area contributed by atoms with Gasteiger partial charge in [-0.3, -0.25) is 4.79 Å². The number of aliphatic hydroxyl groups is 4. The lowest BCUT2D eigenvalue weighted by atomic mass is 9.99. The maximum absolute atomic E-state index is 13.5. The van der Waals surface area contributed by atoms with E-state index in [9.17, 15) is 25.2 Å². The third-order valence-electron chi connectivity index (χ3n) is 6.38. The van der Waals surface area contributed by atoms with Crippen LogP contribution in [-0.2, 0) is 11.2 Å². The number of rotatable bonds is 5. The van der Waals surface area contributed by atoms with Crippen molar-refractivity contribution in [3.05, 3.63) is 51.9 Å². The lowest BCUT2D eigenvalue weighted by Crippen LogP contribution is -2.60. The molecule has 2 aromatic carbocycles. The van der Waals surface area contributed by atoms with Gasteiger partial charge in [0.25, 0.3) is 0 Å². The predicted octanol–water partition coefficient (Wildman–Crippen LogP) is 1.24. The molecular weight excluding hydrogens is 460 g/mol. The average molecular weight is 486 g/mol. The molecule has 1 saturated heterocycles. The van der Waals surface area contributed by atoms with E-state index in [-0.39, 0.29) is 23.6 Å². The summed E-state index contributed by atoms with van der Waals surface area (Å²) in [5.74, 6) is 1.84. The molecule has 0 spiro atoms. The summed E-state index contributed by atoms with van der Waals surface area (Å²) < 4.78 is 28.1. The van der Waals surface area contributed by atoms with Crippen LogP contribution in [0.1, 0.15) is 18.2 Å². The third kappa shape index (κ3) is 4.03. The van der Waals surface area contributed by atoms with E-state index in [1.54, 1.807) is 31.2 Å². The van der Waals surface area contributed by atoms with Crippen molar-refractivity contribution >= 4 is 11.0 Å². The summed E-state index contributed by atoms with van der Waals surface area (Å²) in [4.78, 5) is 13.5. The molecule has 5 atom stereocenters. The highest BCUT2D eigenvalue weighted by Crippen LogP contribution is 2.37. The van der Waals surface area contributed by atoms with Crippen LogP contribution < -0.4 is 19.6 Å². The number of hydrogen-bond donors (Lipinski definition) is 4. The molecule has 35 heavy (non-hydrogen) atoms. The lowest BCUT2D eigenvalue weighted by Gasteiger charge is -2.39. The Morgan fingerprint density at radius 2 is 1.80 bits per heavy atom. The van der Waals surface area contributed by atoms with Crippen LogP contribution in [0.25, 0.3) is 22.1 Å². The molecule has 5 rings (SSSR count). The van der Waals surface area contributed by atoms with Gasteiger partial charge in [0.2, 0.25) is 18.5 Å². The van der Waals surface area contributed by atoms with Crippen LogP contribution in [-0.4, -0.2) is 64.5 Å². The van der Waals surface area contributed by atoms with Crippen LogP contribution in [0.2, 0.25) is 0 Å². The van der Waals surface area contributed by atoms with Gasteiger partial charge in [-0.2, -0.15) is 0 Å². The topological polar surface area (TPSA) is 148 Å². The number of aliphatic hydroxyl groups excluding tert-OH is 4. The van der Waals surface area contributed by atoms with E-state index in [0.29, 0.717) is 45.8 Å². The highest BCUT2D eigenvalue weighted by Gasteiger charge is 2.45. The van der Waals surface area contributed by atoms with Gasteiger partial charge in [-0.25, -0.2) is 0 Å². The zero-order valence-electron chi connectivity index (χ0n) is 19.1. The van der Waals surface area contributed by atoms with Gasteiger partial charge in [0.15, 0.2) is 11.5 Å². The van der Waals surface area contributed by atoms with Crippen LogP contribution in [0.4, 0.5) is 0 Å². The molecule has 3 aromatic rings. The summed E-state index contributed by atoms with van der Waals surface area (Å²) in [6.45, 7) is 3.11. The van der Waals surface area contributed by atoms with Gasteiger partial charge in [0.05, 0.1) is 17.6 Å². The summed E-state index contributed by atoms with van der Waals surface area (Å²) in [5.41, 5.74) is 1.73. The van der Waals surface area contributed by atoms with E-state index >= 15 is 0 Å². The quantitative estimate of drug-likeness (QED) is 0.415. The van der Waals surface area contributed by atoms with Crippen molar-refractivity contribution in [1.82, 2.24) is 0 Å². The lowest BCUT2D eigenvalue weighted by molar-refractivity contribution is -0.277. The smallest absolute Gasteiger partial charge is 0.231 e. The Morgan fingerprint density at radius 3 is 2.54 bits per heavy atom. The molecule has 4 N–H and O–H groups in total. The molecule has 0 radical (unpaired) electrons. The standard InChI is InChI=1S/C25H26O10/c1-3-12-6-14-17(8-16(12)34-25-24(30)23(29)22(28)19(9-26)35-25)33-11(2)20(21(14)27)13-4-5-15-18(7-13)32-10-31-15/h4-8,19,22-26,28-30H,3,9-10H2,1-2H3/t19-,22-,23+,24-,25-/m0/s1. The van der Waals surface area contributed by atoms with Crippen LogP contribution in [0.3, 0.4) is 0 Å². The van der Waals surface area contributed by atoms with Crippen molar-refractivity contribution in [2.45, 2.75) is 51.0 Å². The van der Waals surface area contributed by atoms with E-state index in [1.165, 1.54) is 6.07 Å². The molecule has 186 valence electrons. The Hall–Kier alpha value is -3.15. The highest BCUT2D eigenvalue weighted by atomic mass is 16.7. The molecule has 0 unspecified atom stereocenters. The number of aryl methyl sites for hydroxylation is 2. The molecule has 1 fully saturated rings. The second-order valence-corrected chi connectivity index (χ2v) is 8.56. The molecule has 10 nitrogen and oxygen atoms in total. The van der Waals surface area contributed by atoms with Crippen LogP contribution in [0, 0.1) is 6.92 Å². The Labute approximate surface area is 199 Å². The van der Waals surface area contributed by atoms with Crippen molar-refractivity contribution in [3.8, 4) is 28.4 Å². The normalized spacial score (nSPS) is 25.7. The molecule has 3 heterocycles. The van der Waals surface area contributed by atoms with Gasteiger partial charge < -0.3 is 43.8 Å². The summed E-state index contributed by atoms with van der Waals surface area (Å²) >= 11 is 0. The molecule has 0 bridgehead atoms. The van der Waals surface area contributed by atoms with E-state index in [2.05, 4.69) is 0 Å². The van der Waals surface area contributed by atoms with Crippen LogP contribution in [0.15, 0.2) is 39.5 Å². The fourth-order valence-corrected chi connectivity index (χ4v) is 4.44. The number of ether oxygens (including phenoxy) is 4. The summed E-state index contributed by atoms with van der Waals surface area (Å²) in [7, 11) is 0. The Bertz CT molecular complexity index is 1310. The summed E-state index contributed by atoms with van der Waals surface area (Å²) in [5, 5.41) is 40.2.